The Morgan fingerprint density at radius 3 is 1.94 bits per heavy atom. The van der Waals surface area contributed by atoms with Gasteiger partial charge in [-0.3, -0.25) is 0 Å². The van der Waals surface area contributed by atoms with Crippen LogP contribution in [-0.2, 0) is 19.3 Å². The second-order valence-electron chi connectivity index (χ2n) is 4.21. The highest BCUT2D eigenvalue weighted by Gasteiger charge is 2.02. The number of hydrogen-bond acceptors (Lipinski definition) is 0. The summed E-state index contributed by atoms with van der Waals surface area (Å²) in [5, 5.41) is 0.876. The van der Waals surface area contributed by atoms with Gasteiger partial charge in [0, 0.05) is 5.02 Å². The first-order chi connectivity index (χ1) is 8.31. The molecule has 1 heteroatoms. The Morgan fingerprint density at radius 1 is 0.765 bits per heavy atom. The summed E-state index contributed by atoms with van der Waals surface area (Å²) < 4.78 is 0. The van der Waals surface area contributed by atoms with Crippen molar-refractivity contribution in [3.05, 3.63) is 70.2 Å². The molecule has 88 valence electrons. The van der Waals surface area contributed by atoms with E-state index < -0.39 is 0 Å². The van der Waals surface area contributed by atoms with Crippen LogP contribution in [0.2, 0.25) is 5.02 Å². The van der Waals surface area contributed by atoms with Crippen LogP contribution in [0, 0.1) is 0 Å². The van der Waals surface area contributed by atoms with E-state index in [1.54, 1.807) is 0 Å². The number of benzene rings is 2. The van der Waals surface area contributed by atoms with Gasteiger partial charge < -0.3 is 0 Å². The summed E-state index contributed by atoms with van der Waals surface area (Å²) in [5.41, 5.74) is 4.12. The summed E-state index contributed by atoms with van der Waals surface area (Å²) in [5.74, 6) is 0. The summed E-state index contributed by atoms with van der Waals surface area (Å²) in [6.07, 6.45) is 3.17. The molecule has 0 aromatic heterocycles. The summed E-state index contributed by atoms with van der Waals surface area (Å²) in [7, 11) is 0. The van der Waals surface area contributed by atoms with Crippen molar-refractivity contribution in [1.29, 1.82) is 0 Å². The molecule has 0 fully saturated rings. The molecule has 2 aromatic carbocycles. The maximum atomic E-state index is 6.16. The van der Waals surface area contributed by atoms with E-state index in [1.165, 1.54) is 16.7 Å². The van der Waals surface area contributed by atoms with Crippen LogP contribution in [0.5, 0.6) is 0 Å². The standard InChI is InChI=1S/C16H17Cl/c1-2-13-7-3-4-8-14(13)11-12-15-9-5-6-10-16(15)17/h3-10H,2,11-12H2,1H3. The molecule has 0 spiro atoms. The Balaban J connectivity index is 2.10. The lowest BCUT2D eigenvalue weighted by Gasteiger charge is -2.08. The smallest absolute Gasteiger partial charge is 0.0438 e. The predicted octanol–water partition coefficient (Wildman–Crippen LogP) is 4.69. The van der Waals surface area contributed by atoms with E-state index in [4.69, 9.17) is 11.6 Å². The van der Waals surface area contributed by atoms with Gasteiger partial charge in [-0.15, -0.1) is 0 Å². The van der Waals surface area contributed by atoms with Gasteiger partial charge in [-0.2, -0.15) is 0 Å². The maximum Gasteiger partial charge on any atom is 0.0438 e. The van der Waals surface area contributed by atoms with E-state index in [9.17, 15) is 0 Å². The average molecular weight is 245 g/mol. The van der Waals surface area contributed by atoms with E-state index >= 15 is 0 Å². The molecule has 0 heterocycles. The van der Waals surface area contributed by atoms with E-state index in [0.717, 1.165) is 24.3 Å². The fourth-order valence-corrected chi connectivity index (χ4v) is 2.35. The Hall–Kier alpha value is -1.27. The third kappa shape index (κ3) is 3.10. The van der Waals surface area contributed by atoms with Crippen molar-refractivity contribution in [2.45, 2.75) is 26.2 Å². The fraction of sp³-hybridized carbons (Fsp3) is 0.250. The molecule has 0 saturated carbocycles. The number of halogens is 1. The molecule has 0 N–H and O–H groups in total. The average Bonchev–Trinajstić information content (AvgIpc) is 2.38. The molecule has 0 aliphatic carbocycles. The van der Waals surface area contributed by atoms with E-state index in [0.29, 0.717) is 0 Å². The van der Waals surface area contributed by atoms with Crippen LogP contribution in [0.15, 0.2) is 48.5 Å². The van der Waals surface area contributed by atoms with Gasteiger partial charge >= 0.3 is 0 Å². The second-order valence-corrected chi connectivity index (χ2v) is 4.62. The molecule has 0 aliphatic rings. The van der Waals surface area contributed by atoms with Crippen LogP contribution in [0.1, 0.15) is 23.6 Å². The van der Waals surface area contributed by atoms with Gasteiger partial charge in [0.15, 0.2) is 0 Å². The molecular formula is C16H17Cl. The van der Waals surface area contributed by atoms with Crippen molar-refractivity contribution in [3.63, 3.8) is 0 Å². The van der Waals surface area contributed by atoms with Crippen molar-refractivity contribution in [2.75, 3.05) is 0 Å². The summed E-state index contributed by atoms with van der Waals surface area (Å²) >= 11 is 6.16. The van der Waals surface area contributed by atoms with Crippen molar-refractivity contribution in [3.8, 4) is 0 Å². The minimum atomic E-state index is 0.876. The van der Waals surface area contributed by atoms with Gasteiger partial charge in [-0.05, 0) is 42.0 Å². The minimum absolute atomic E-state index is 0.876. The molecule has 0 radical (unpaired) electrons. The first kappa shape index (κ1) is 12.2. The van der Waals surface area contributed by atoms with E-state index in [-0.39, 0.29) is 0 Å². The molecular weight excluding hydrogens is 228 g/mol. The van der Waals surface area contributed by atoms with Gasteiger partial charge in [0.05, 0.1) is 0 Å². The molecule has 0 aliphatic heterocycles. The van der Waals surface area contributed by atoms with Crippen LogP contribution < -0.4 is 0 Å². The monoisotopic (exact) mass is 244 g/mol. The molecule has 0 nitrogen and oxygen atoms in total. The number of hydrogen-bond donors (Lipinski definition) is 0. The van der Waals surface area contributed by atoms with Crippen molar-refractivity contribution in [1.82, 2.24) is 0 Å². The quantitative estimate of drug-likeness (QED) is 0.732. The highest BCUT2D eigenvalue weighted by Crippen LogP contribution is 2.18. The Labute approximate surface area is 108 Å². The number of rotatable bonds is 4. The minimum Gasteiger partial charge on any atom is -0.0840 e. The van der Waals surface area contributed by atoms with Gasteiger partial charge in [0.25, 0.3) is 0 Å². The predicted molar refractivity (Wildman–Crippen MR) is 74.7 cm³/mol. The highest BCUT2D eigenvalue weighted by atomic mass is 35.5. The molecule has 0 amide bonds. The summed E-state index contributed by atoms with van der Waals surface area (Å²) in [6, 6.07) is 16.7. The fourth-order valence-electron chi connectivity index (χ4n) is 2.12. The van der Waals surface area contributed by atoms with Crippen molar-refractivity contribution in [2.24, 2.45) is 0 Å². The van der Waals surface area contributed by atoms with E-state index in [1.807, 2.05) is 18.2 Å². The van der Waals surface area contributed by atoms with Crippen LogP contribution >= 0.6 is 11.6 Å². The van der Waals surface area contributed by atoms with Crippen LogP contribution in [0.4, 0.5) is 0 Å². The zero-order chi connectivity index (χ0) is 12.1. The van der Waals surface area contributed by atoms with Gasteiger partial charge in [-0.25, -0.2) is 0 Å². The van der Waals surface area contributed by atoms with Crippen LogP contribution in [0.25, 0.3) is 0 Å². The zero-order valence-electron chi connectivity index (χ0n) is 10.1. The second kappa shape index (κ2) is 5.88. The molecule has 17 heavy (non-hydrogen) atoms. The lowest BCUT2D eigenvalue weighted by molar-refractivity contribution is 0.931. The van der Waals surface area contributed by atoms with E-state index in [2.05, 4.69) is 37.3 Å². The molecule has 2 rings (SSSR count). The Morgan fingerprint density at radius 2 is 1.29 bits per heavy atom. The number of aryl methyl sites for hydroxylation is 3. The first-order valence-corrected chi connectivity index (χ1v) is 6.49. The molecule has 0 bridgehead atoms. The van der Waals surface area contributed by atoms with Gasteiger partial charge in [0.1, 0.15) is 0 Å². The third-order valence-corrected chi connectivity index (χ3v) is 3.49. The topological polar surface area (TPSA) is 0 Å². The van der Waals surface area contributed by atoms with Gasteiger partial charge in [-0.1, -0.05) is 61.0 Å². The molecule has 0 unspecified atom stereocenters. The normalized spacial score (nSPS) is 10.5. The summed E-state index contributed by atoms with van der Waals surface area (Å²) in [4.78, 5) is 0. The summed E-state index contributed by atoms with van der Waals surface area (Å²) in [6.45, 7) is 2.20. The lowest BCUT2D eigenvalue weighted by atomic mass is 9.98. The van der Waals surface area contributed by atoms with Crippen LogP contribution in [-0.4, -0.2) is 0 Å². The first-order valence-electron chi connectivity index (χ1n) is 6.11. The SMILES string of the molecule is CCc1ccccc1CCc1ccccc1Cl. The maximum absolute atomic E-state index is 6.16. The lowest BCUT2D eigenvalue weighted by Crippen LogP contribution is -1.96. The molecule has 2 aromatic rings. The zero-order valence-corrected chi connectivity index (χ0v) is 10.9. The van der Waals surface area contributed by atoms with Crippen LogP contribution in [0.3, 0.4) is 0 Å². The molecule has 0 saturated heterocycles. The largest absolute Gasteiger partial charge is 0.0840 e. The molecule has 0 atom stereocenters. The van der Waals surface area contributed by atoms with Gasteiger partial charge in [0.2, 0.25) is 0 Å². The Bertz CT molecular complexity index is 488. The van der Waals surface area contributed by atoms with Crippen molar-refractivity contribution < 1.29 is 0 Å². The highest BCUT2D eigenvalue weighted by molar-refractivity contribution is 6.31. The third-order valence-electron chi connectivity index (χ3n) is 3.12. The Kier molecular flexibility index (Phi) is 4.22. The van der Waals surface area contributed by atoms with Crippen molar-refractivity contribution >= 4 is 11.6 Å².